The zero-order chi connectivity index (χ0) is 26.1. The minimum Gasteiger partial charge on any atom is -0.508 e. The van der Waals surface area contributed by atoms with Gasteiger partial charge in [-0.1, -0.05) is 31.2 Å². The maximum Gasteiger partial charge on any atom is 0.150 e. The van der Waals surface area contributed by atoms with Crippen molar-refractivity contribution in [1.82, 2.24) is 4.90 Å². The van der Waals surface area contributed by atoms with E-state index in [-0.39, 0.29) is 17.1 Å². The van der Waals surface area contributed by atoms with Gasteiger partial charge in [-0.2, -0.15) is 5.26 Å². The van der Waals surface area contributed by atoms with Crippen LogP contribution in [0.25, 0.3) is 11.1 Å². The molecule has 37 heavy (non-hydrogen) atoms. The Morgan fingerprint density at radius 1 is 1.14 bits per heavy atom. The molecule has 1 unspecified atom stereocenters. The molecule has 0 aliphatic carbocycles. The van der Waals surface area contributed by atoms with Crippen LogP contribution in [0.4, 0.5) is 0 Å². The molecule has 3 atom stereocenters. The Morgan fingerprint density at radius 3 is 2.59 bits per heavy atom. The summed E-state index contributed by atoms with van der Waals surface area (Å²) in [5.41, 5.74) is 4.10. The van der Waals surface area contributed by atoms with E-state index in [1.807, 2.05) is 37.3 Å². The number of phenolic OH excluding ortho intramolecular Hbond substituents is 2. The second-order valence-corrected chi connectivity index (χ2v) is 10.1. The van der Waals surface area contributed by atoms with Gasteiger partial charge in [0, 0.05) is 23.7 Å². The van der Waals surface area contributed by atoms with Gasteiger partial charge in [-0.05, 0) is 85.8 Å². The highest BCUT2D eigenvalue weighted by molar-refractivity contribution is 5.97. The molecule has 1 saturated heterocycles. The molecule has 2 aliphatic rings. The Morgan fingerprint density at radius 2 is 1.92 bits per heavy atom. The number of benzene rings is 3. The summed E-state index contributed by atoms with van der Waals surface area (Å²) in [7, 11) is 0. The molecule has 0 spiro atoms. The molecule has 1 fully saturated rings. The first-order chi connectivity index (χ1) is 17.9. The number of rotatable bonds is 6. The third-order valence-corrected chi connectivity index (χ3v) is 7.45. The summed E-state index contributed by atoms with van der Waals surface area (Å²) < 4.78 is 12.6. The SMILES string of the molecule is CC1=C(c2cccc(O)c2)C(c2ccc(OC[C@H](C)N3CC[C@@H](C)C3)cc2)Oc2ccc(O)c(C#N)c21. The number of likely N-dealkylation sites (tertiary alicyclic amines) is 1. The first-order valence-electron chi connectivity index (χ1n) is 12.8. The fourth-order valence-corrected chi connectivity index (χ4v) is 5.38. The van der Waals surface area contributed by atoms with Crippen LogP contribution < -0.4 is 9.47 Å². The van der Waals surface area contributed by atoms with Crippen molar-refractivity contribution in [3.8, 4) is 29.1 Å². The lowest BCUT2D eigenvalue weighted by molar-refractivity contribution is 0.169. The van der Waals surface area contributed by atoms with E-state index in [1.54, 1.807) is 24.3 Å². The molecule has 0 aromatic heterocycles. The Kier molecular flexibility index (Phi) is 6.82. The first kappa shape index (κ1) is 24.7. The standard InChI is InChI=1S/C31H32N2O4/c1-19-13-14-33(17-19)20(2)18-36-25-9-7-22(8-10-25)31-29(23-5-4-6-24(34)15-23)21(3)30-26(16-32)27(35)11-12-28(30)37-31/h4-12,15,19-20,31,34-35H,13-14,17-18H2,1-3H3/t19-,20+,31?/m1/s1. The van der Waals surface area contributed by atoms with Crippen molar-refractivity contribution in [3.05, 3.63) is 82.9 Å². The van der Waals surface area contributed by atoms with E-state index in [1.165, 1.54) is 12.5 Å². The molecule has 6 nitrogen and oxygen atoms in total. The normalized spacial score (nSPS) is 20.2. The van der Waals surface area contributed by atoms with Gasteiger partial charge < -0.3 is 19.7 Å². The summed E-state index contributed by atoms with van der Waals surface area (Å²) in [6, 6.07) is 20.6. The maximum atomic E-state index is 10.3. The van der Waals surface area contributed by atoms with Gasteiger partial charge in [0.15, 0.2) is 0 Å². The number of nitriles is 1. The molecule has 0 amide bonds. The monoisotopic (exact) mass is 496 g/mol. The van der Waals surface area contributed by atoms with Crippen LogP contribution in [-0.2, 0) is 0 Å². The lowest BCUT2D eigenvalue weighted by Crippen LogP contribution is -2.35. The van der Waals surface area contributed by atoms with Gasteiger partial charge in [0.05, 0.1) is 0 Å². The number of fused-ring (bicyclic) bond motifs is 1. The van der Waals surface area contributed by atoms with E-state index in [0.717, 1.165) is 47.0 Å². The van der Waals surface area contributed by atoms with Crippen LogP contribution in [0.5, 0.6) is 23.0 Å². The lowest BCUT2D eigenvalue weighted by Gasteiger charge is -2.32. The molecule has 3 aromatic rings. The number of hydrogen-bond donors (Lipinski definition) is 2. The lowest BCUT2D eigenvalue weighted by atomic mass is 9.84. The Balaban J connectivity index is 1.45. The number of phenols is 2. The molecule has 6 heteroatoms. The van der Waals surface area contributed by atoms with Crippen molar-refractivity contribution in [3.63, 3.8) is 0 Å². The predicted octanol–water partition coefficient (Wildman–Crippen LogP) is 6.14. The number of nitrogens with zero attached hydrogens (tertiary/aromatic N) is 2. The highest BCUT2D eigenvalue weighted by Gasteiger charge is 2.32. The fourth-order valence-electron chi connectivity index (χ4n) is 5.38. The first-order valence-corrected chi connectivity index (χ1v) is 12.8. The minimum absolute atomic E-state index is 0.0861. The van der Waals surface area contributed by atoms with Gasteiger partial charge >= 0.3 is 0 Å². The Hall–Kier alpha value is -3.95. The van der Waals surface area contributed by atoms with Gasteiger partial charge in [0.2, 0.25) is 0 Å². The van der Waals surface area contributed by atoms with Crippen LogP contribution >= 0.6 is 0 Å². The fraction of sp³-hybridized carbons (Fsp3) is 0.323. The second kappa shape index (κ2) is 10.2. The molecule has 5 rings (SSSR count). The average molecular weight is 497 g/mol. The molecule has 2 heterocycles. The van der Waals surface area contributed by atoms with Gasteiger partial charge in [0.1, 0.15) is 47.3 Å². The van der Waals surface area contributed by atoms with E-state index < -0.39 is 6.10 Å². The molecule has 190 valence electrons. The zero-order valence-corrected chi connectivity index (χ0v) is 21.4. The van der Waals surface area contributed by atoms with E-state index in [2.05, 4.69) is 24.8 Å². The molecule has 0 saturated carbocycles. The molecule has 3 aromatic carbocycles. The molecular weight excluding hydrogens is 464 g/mol. The molecule has 0 bridgehead atoms. The molecule has 2 aliphatic heterocycles. The van der Waals surface area contributed by atoms with E-state index >= 15 is 0 Å². The number of aromatic hydroxyl groups is 2. The van der Waals surface area contributed by atoms with Gasteiger partial charge in [-0.15, -0.1) is 0 Å². The molecule has 2 N–H and O–H groups in total. The van der Waals surface area contributed by atoms with Crippen LogP contribution in [0.1, 0.15) is 55.5 Å². The summed E-state index contributed by atoms with van der Waals surface area (Å²) >= 11 is 0. The van der Waals surface area contributed by atoms with Gasteiger partial charge in [-0.25, -0.2) is 0 Å². The number of ether oxygens (including phenoxy) is 2. The van der Waals surface area contributed by atoms with Crippen LogP contribution in [-0.4, -0.2) is 40.9 Å². The quantitative estimate of drug-likeness (QED) is 0.426. The zero-order valence-electron chi connectivity index (χ0n) is 21.4. The van der Waals surface area contributed by atoms with Crippen molar-refractivity contribution in [2.75, 3.05) is 19.7 Å². The summed E-state index contributed by atoms with van der Waals surface area (Å²) in [5, 5.41) is 30.2. The third-order valence-electron chi connectivity index (χ3n) is 7.45. The van der Waals surface area contributed by atoms with Crippen LogP contribution in [0.15, 0.2) is 60.7 Å². The highest BCUT2D eigenvalue weighted by Crippen LogP contribution is 2.49. The Bertz CT molecular complexity index is 1370. The summed E-state index contributed by atoms with van der Waals surface area (Å²) in [6.45, 7) is 9.31. The maximum absolute atomic E-state index is 10.3. The molecule has 0 radical (unpaired) electrons. The van der Waals surface area contributed by atoms with Crippen LogP contribution in [0, 0.1) is 17.2 Å². The second-order valence-electron chi connectivity index (χ2n) is 10.1. The van der Waals surface area contributed by atoms with Crippen LogP contribution in [0.3, 0.4) is 0 Å². The van der Waals surface area contributed by atoms with E-state index in [4.69, 9.17) is 9.47 Å². The van der Waals surface area contributed by atoms with E-state index in [9.17, 15) is 15.5 Å². The van der Waals surface area contributed by atoms with Crippen LogP contribution in [0.2, 0.25) is 0 Å². The summed E-state index contributed by atoms with van der Waals surface area (Å²) in [5.74, 6) is 2.14. The average Bonchev–Trinajstić information content (AvgIpc) is 3.34. The van der Waals surface area contributed by atoms with Crippen molar-refractivity contribution < 1.29 is 19.7 Å². The van der Waals surface area contributed by atoms with Gasteiger partial charge in [-0.3, -0.25) is 4.90 Å². The van der Waals surface area contributed by atoms with Crippen molar-refractivity contribution in [2.45, 2.75) is 39.3 Å². The topological polar surface area (TPSA) is 86.0 Å². The van der Waals surface area contributed by atoms with Crippen molar-refractivity contribution >= 4 is 11.1 Å². The van der Waals surface area contributed by atoms with E-state index in [0.29, 0.717) is 24.0 Å². The van der Waals surface area contributed by atoms with Gasteiger partial charge in [0.25, 0.3) is 0 Å². The highest BCUT2D eigenvalue weighted by atomic mass is 16.5. The largest absolute Gasteiger partial charge is 0.508 e. The number of hydrogen-bond acceptors (Lipinski definition) is 6. The summed E-state index contributed by atoms with van der Waals surface area (Å²) in [4.78, 5) is 2.48. The minimum atomic E-state index is -0.468. The predicted molar refractivity (Wildman–Crippen MR) is 144 cm³/mol. The van der Waals surface area contributed by atoms with Crippen molar-refractivity contribution in [2.24, 2.45) is 5.92 Å². The Labute approximate surface area is 218 Å². The summed E-state index contributed by atoms with van der Waals surface area (Å²) in [6.07, 6.45) is 0.775. The third kappa shape index (κ3) is 4.87. The number of allylic oxidation sites excluding steroid dienone is 1. The molecular formula is C31H32N2O4. The smallest absolute Gasteiger partial charge is 0.150 e. The van der Waals surface area contributed by atoms with Crippen molar-refractivity contribution in [1.29, 1.82) is 5.26 Å².